The van der Waals surface area contributed by atoms with Crippen LogP contribution in [0.15, 0.2) is 60.8 Å². The third kappa shape index (κ3) is 46.0. The van der Waals surface area contributed by atoms with Crippen LogP contribution in [0, 0.1) is 0 Å². The second-order valence-corrected chi connectivity index (χ2v) is 16.3. The van der Waals surface area contributed by atoms with Gasteiger partial charge >= 0.3 is 17.9 Å². The number of unbranched alkanes of at least 4 members (excludes halogenated alkanes) is 23. The van der Waals surface area contributed by atoms with E-state index in [0.29, 0.717) is 19.3 Å². The number of ether oxygens (including phenoxy) is 3. The highest BCUT2D eigenvalue weighted by Gasteiger charge is 2.19. The van der Waals surface area contributed by atoms with Gasteiger partial charge in [-0.1, -0.05) is 178 Å². The lowest BCUT2D eigenvalue weighted by molar-refractivity contribution is -0.167. The number of rotatable bonds is 44. The standard InChI is InChI=1S/C53H92O6/c1-4-7-10-13-16-19-22-25-26-27-29-31-34-37-40-43-46-52(55)58-49-50(48-57-51(54)45-42-39-36-33-30-24-21-18-15-12-9-6-3)59-53(56)47-44-41-38-35-32-28-23-20-17-14-11-8-5-2/h9,12,18,21,26-28,30,32-33,50H,4-8,10-11,13-17,19-20,22-25,29,31,34-49H2,1-3H3/b12-9-,21-18-,27-26-,32-28-,33-30-. The van der Waals surface area contributed by atoms with Crippen LogP contribution in [0.1, 0.15) is 239 Å². The highest BCUT2D eigenvalue weighted by atomic mass is 16.6. The van der Waals surface area contributed by atoms with E-state index in [4.69, 9.17) is 14.2 Å². The van der Waals surface area contributed by atoms with Gasteiger partial charge in [0.15, 0.2) is 6.10 Å². The number of carbonyl (C=O) groups is 3. The van der Waals surface area contributed by atoms with Crippen molar-refractivity contribution in [2.75, 3.05) is 13.2 Å². The molecule has 6 heteroatoms. The molecule has 0 radical (unpaired) electrons. The predicted molar refractivity (Wildman–Crippen MR) is 251 cm³/mol. The third-order valence-electron chi connectivity index (χ3n) is 10.5. The molecule has 59 heavy (non-hydrogen) atoms. The van der Waals surface area contributed by atoms with Crippen LogP contribution < -0.4 is 0 Å². The molecule has 0 aliphatic rings. The Labute approximate surface area is 364 Å². The molecule has 0 N–H and O–H groups in total. The molecule has 1 atom stereocenters. The summed E-state index contributed by atoms with van der Waals surface area (Å²) in [5.41, 5.74) is 0. The molecule has 0 amide bonds. The number of esters is 3. The molecule has 0 fully saturated rings. The van der Waals surface area contributed by atoms with Gasteiger partial charge in [0.05, 0.1) is 0 Å². The molecule has 340 valence electrons. The van der Waals surface area contributed by atoms with E-state index in [1.807, 2.05) is 0 Å². The van der Waals surface area contributed by atoms with Crippen molar-refractivity contribution in [1.82, 2.24) is 0 Å². The molecular formula is C53H92O6. The molecule has 0 aliphatic heterocycles. The van der Waals surface area contributed by atoms with Crippen LogP contribution in [0.5, 0.6) is 0 Å². The van der Waals surface area contributed by atoms with Gasteiger partial charge in [0.2, 0.25) is 0 Å². The van der Waals surface area contributed by atoms with Crippen LogP contribution in [0.2, 0.25) is 0 Å². The summed E-state index contributed by atoms with van der Waals surface area (Å²) < 4.78 is 16.7. The molecule has 0 bridgehead atoms. The lowest BCUT2D eigenvalue weighted by Crippen LogP contribution is -2.30. The van der Waals surface area contributed by atoms with Gasteiger partial charge in [-0.3, -0.25) is 14.4 Å². The summed E-state index contributed by atoms with van der Waals surface area (Å²) in [6, 6.07) is 0. The second kappa shape index (κ2) is 47.8. The van der Waals surface area contributed by atoms with Crippen molar-refractivity contribution in [1.29, 1.82) is 0 Å². The van der Waals surface area contributed by atoms with Gasteiger partial charge in [0.25, 0.3) is 0 Å². The fraction of sp³-hybridized carbons (Fsp3) is 0.755. The first kappa shape index (κ1) is 56.1. The molecule has 6 nitrogen and oxygen atoms in total. The maximum atomic E-state index is 12.7. The average molecular weight is 825 g/mol. The van der Waals surface area contributed by atoms with E-state index < -0.39 is 6.10 Å². The molecule has 0 aromatic rings. The predicted octanol–water partition coefficient (Wildman–Crippen LogP) is 16.1. The van der Waals surface area contributed by atoms with Crippen molar-refractivity contribution in [3.63, 3.8) is 0 Å². The Morgan fingerprint density at radius 3 is 1.10 bits per heavy atom. The zero-order valence-corrected chi connectivity index (χ0v) is 38.8. The Bertz CT molecular complexity index is 1090. The Hall–Kier alpha value is -2.89. The van der Waals surface area contributed by atoms with Crippen LogP contribution in [-0.2, 0) is 28.6 Å². The molecular weight excluding hydrogens is 733 g/mol. The van der Waals surface area contributed by atoms with Crippen molar-refractivity contribution < 1.29 is 28.6 Å². The van der Waals surface area contributed by atoms with E-state index in [0.717, 1.165) is 96.3 Å². The van der Waals surface area contributed by atoms with Crippen LogP contribution in [0.4, 0.5) is 0 Å². The van der Waals surface area contributed by atoms with Gasteiger partial charge < -0.3 is 14.2 Å². The first-order chi connectivity index (χ1) is 29.0. The summed E-state index contributed by atoms with van der Waals surface area (Å²) in [4.78, 5) is 37.8. The normalized spacial score (nSPS) is 12.5. The van der Waals surface area contributed by atoms with E-state index in [1.165, 1.54) is 103 Å². The summed E-state index contributed by atoms with van der Waals surface area (Å²) in [5, 5.41) is 0. The van der Waals surface area contributed by atoms with Crippen molar-refractivity contribution in [2.45, 2.75) is 245 Å². The molecule has 0 saturated carbocycles. The summed E-state index contributed by atoms with van der Waals surface area (Å²) in [7, 11) is 0. The first-order valence-corrected chi connectivity index (χ1v) is 24.8. The van der Waals surface area contributed by atoms with Gasteiger partial charge in [0, 0.05) is 19.3 Å². The molecule has 0 spiro atoms. The molecule has 0 rings (SSSR count). The Balaban J connectivity index is 4.44. The van der Waals surface area contributed by atoms with E-state index in [-0.39, 0.29) is 31.1 Å². The van der Waals surface area contributed by atoms with E-state index >= 15 is 0 Å². The molecule has 0 heterocycles. The lowest BCUT2D eigenvalue weighted by atomic mass is 10.1. The van der Waals surface area contributed by atoms with Crippen LogP contribution in [-0.4, -0.2) is 37.2 Å². The number of hydrogen-bond donors (Lipinski definition) is 0. The minimum atomic E-state index is -0.799. The van der Waals surface area contributed by atoms with Crippen LogP contribution in [0.3, 0.4) is 0 Å². The minimum Gasteiger partial charge on any atom is -0.462 e. The number of allylic oxidation sites excluding steroid dienone is 10. The van der Waals surface area contributed by atoms with Gasteiger partial charge in [-0.25, -0.2) is 0 Å². The van der Waals surface area contributed by atoms with Gasteiger partial charge in [-0.2, -0.15) is 0 Å². The summed E-state index contributed by atoms with van der Waals surface area (Å²) in [5.74, 6) is -0.961. The molecule has 0 aliphatic carbocycles. The monoisotopic (exact) mass is 825 g/mol. The molecule has 0 aromatic carbocycles. The number of hydrogen-bond acceptors (Lipinski definition) is 6. The van der Waals surface area contributed by atoms with Gasteiger partial charge in [0.1, 0.15) is 13.2 Å². The summed E-state index contributed by atoms with van der Waals surface area (Å²) >= 11 is 0. The van der Waals surface area contributed by atoms with Gasteiger partial charge in [-0.15, -0.1) is 0 Å². The highest BCUT2D eigenvalue weighted by Crippen LogP contribution is 2.13. The fourth-order valence-corrected chi connectivity index (χ4v) is 6.74. The van der Waals surface area contributed by atoms with Crippen molar-refractivity contribution >= 4 is 17.9 Å². The third-order valence-corrected chi connectivity index (χ3v) is 10.5. The Morgan fingerprint density at radius 2 is 0.661 bits per heavy atom. The average Bonchev–Trinajstić information content (AvgIpc) is 3.23. The van der Waals surface area contributed by atoms with Crippen molar-refractivity contribution in [2.24, 2.45) is 0 Å². The Kier molecular flexibility index (Phi) is 45.4. The summed E-state index contributed by atoms with van der Waals surface area (Å²) in [6.07, 6.45) is 57.8. The highest BCUT2D eigenvalue weighted by molar-refractivity contribution is 5.71. The molecule has 0 aromatic heterocycles. The number of carbonyl (C=O) groups excluding carboxylic acids is 3. The van der Waals surface area contributed by atoms with Gasteiger partial charge in [-0.05, 0) is 103 Å². The van der Waals surface area contributed by atoms with Crippen molar-refractivity contribution in [3.8, 4) is 0 Å². The first-order valence-electron chi connectivity index (χ1n) is 24.8. The minimum absolute atomic E-state index is 0.0967. The van der Waals surface area contributed by atoms with E-state index in [2.05, 4.69) is 81.5 Å². The molecule has 0 saturated heterocycles. The fourth-order valence-electron chi connectivity index (χ4n) is 6.74. The Morgan fingerprint density at radius 1 is 0.356 bits per heavy atom. The topological polar surface area (TPSA) is 78.9 Å². The van der Waals surface area contributed by atoms with E-state index in [1.54, 1.807) is 0 Å². The maximum Gasteiger partial charge on any atom is 0.306 e. The van der Waals surface area contributed by atoms with Crippen LogP contribution >= 0.6 is 0 Å². The largest absolute Gasteiger partial charge is 0.462 e. The smallest absolute Gasteiger partial charge is 0.306 e. The quantitative estimate of drug-likeness (QED) is 0.0263. The maximum absolute atomic E-state index is 12.7. The van der Waals surface area contributed by atoms with E-state index in [9.17, 15) is 14.4 Å². The zero-order chi connectivity index (χ0) is 43.0. The van der Waals surface area contributed by atoms with Crippen LogP contribution in [0.25, 0.3) is 0 Å². The molecule has 1 unspecified atom stereocenters. The zero-order valence-electron chi connectivity index (χ0n) is 38.8. The van der Waals surface area contributed by atoms with Crippen molar-refractivity contribution in [3.05, 3.63) is 60.8 Å². The lowest BCUT2D eigenvalue weighted by Gasteiger charge is -2.18. The second-order valence-electron chi connectivity index (χ2n) is 16.3. The summed E-state index contributed by atoms with van der Waals surface area (Å²) in [6.45, 7) is 6.45. The SMILES string of the molecule is CC/C=C\C/C=C\C/C=C\CCCCC(=O)OCC(COC(=O)CCCCCCC/C=C\CCCCCCCCC)OC(=O)CCCCC/C=C\CCCCCCCC.